The summed E-state index contributed by atoms with van der Waals surface area (Å²) in [6, 6.07) is 0. The second kappa shape index (κ2) is 6.10. The summed E-state index contributed by atoms with van der Waals surface area (Å²) in [6.07, 6.45) is 2.57. The van der Waals surface area contributed by atoms with Gasteiger partial charge in [-0.15, -0.1) is 5.10 Å². The molecule has 7 nitrogen and oxygen atoms in total. The number of carbonyl (C=O) groups excluding carboxylic acids is 1. The second-order valence-corrected chi connectivity index (χ2v) is 5.41. The molecule has 1 aliphatic rings. The minimum atomic E-state index is -0.278. The number of carbonyl (C=O) groups is 1. The molecule has 1 amide bonds. The Labute approximate surface area is 112 Å². The second-order valence-electron chi connectivity index (χ2n) is 5.41. The van der Waals surface area contributed by atoms with Gasteiger partial charge in [-0.1, -0.05) is 20.3 Å². The van der Waals surface area contributed by atoms with Crippen molar-refractivity contribution in [1.29, 1.82) is 0 Å². The van der Waals surface area contributed by atoms with Gasteiger partial charge in [-0.3, -0.25) is 4.79 Å². The molecule has 0 aliphatic heterocycles. The lowest BCUT2D eigenvalue weighted by molar-refractivity contribution is -0.122. The van der Waals surface area contributed by atoms with Crippen LogP contribution in [-0.4, -0.2) is 43.9 Å². The van der Waals surface area contributed by atoms with Crippen LogP contribution in [0.3, 0.4) is 0 Å². The molecule has 2 atom stereocenters. The molecule has 0 bridgehead atoms. The number of hydrogen-bond donors (Lipinski definition) is 2. The van der Waals surface area contributed by atoms with E-state index in [1.54, 1.807) is 0 Å². The van der Waals surface area contributed by atoms with Crippen LogP contribution in [0.15, 0.2) is 0 Å². The molecule has 0 aromatic carbocycles. The van der Waals surface area contributed by atoms with Gasteiger partial charge in [0, 0.05) is 18.4 Å². The molecule has 1 saturated carbocycles. The van der Waals surface area contributed by atoms with E-state index in [1.807, 2.05) is 13.8 Å². The van der Waals surface area contributed by atoms with Crippen LogP contribution in [0.2, 0.25) is 0 Å². The average Bonchev–Trinajstić information content (AvgIpc) is 2.95. The number of hydrogen-bond acceptors (Lipinski definition) is 5. The van der Waals surface area contributed by atoms with Gasteiger partial charge in [-0.05, 0) is 23.3 Å². The minimum absolute atomic E-state index is 0.117. The van der Waals surface area contributed by atoms with E-state index in [4.69, 9.17) is 0 Å². The first-order chi connectivity index (χ1) is 9.08. The highest BCUT2D eigenvalue weighted by atomic mass is 16.3. The summed E-state index contributed by atoms with van der Waals surface area (Å²) in [4.78, 5) is 11.8. The first-order valence-corrected chi connectivity index (χ1v) is 6.78. The Balaban J connectivity index is 1.82. The van der Waals surface area contributed by atoms with Crippen LogP contribution in [0.25, 0.3) is 0 Å². The first kappa shape index (κ1) is 13.9. The summed E-state index contributed by atoms with van der Waals surface area (Å²) in [5, 5.41) is 23.8. The average molecular weight is 267 g/mol. The van der Waals surface area contributed by atoms with Gasteiger partial charge in [0.25, 0.3) is 0 Å². The van der Waals surface area contributed by atoms with Crippen molar-refractivity contribution < 1.29 is 9.90 Å². The molecule has 0 spiro atoms. The number of nitrogens with one attached hydrogen (secondary N) is 1. The van der Waals surface area contributed by atoms with Crippen LogP contribution in [0.5, 0.6) is 0 Å². The lowest BCUT2D eigenvalue weighted by atomic mass is 10.1. The normalized spacial score (nSPS) is 22.9. The van der Waals surface area contributed by atoms with Crippen molar-refractivity contribution in [2.75, 3.05) is 6.54 Å². The largest absolute Gasteiger partial charge is 0.393 e. The Morgan fingerprint density at radius 2 is 2.32 bits per heavy atom. The van der Waals surface area contributed by atoms with Crippen LogP contribution in [0.1, 0.15) is 44.9 Å². The van der Waals surface area contributed by atoms with E-state index < -0.39 is 0 Å². The topological polar surface area (TPSA) is 92.9 Å². The van der Waals surface area contributed by atoms with Crippen molar-refractivity contribution in [2.24, 2.45) is 5.92 Å². The number of aliphatic hydroxyl groups is 1. The molecular formula is C12H21N5O2. The highest BCUT2D eigenvalue weighted by Gasteiger charge is 2.25. The highest BCUT2D eigenvalue weighted by molar-refractivity contribution is 5.75. The SMILES string of the molecule is CC(C)c1nnnn1CC(=O)NCC1CCCC1O. The fraction of sp³-hybridized carbons (Fsp3) is 0.833. The highest BCUT2D eigenvalue weighted by Crippen LogP contribution is 2.24. The van der Waals surface area contributed by atoms with E-state index in [1.165, 1.54) is 4.68 Å². The molecule has 1 aromatic rings. The molecular weight excluding hydrogens is 246 g/mol. The van der Waals surface area contributed by atoms with Gasteiger partial charge < -0.3 is 10.4 Å². The number of amides is 1. The molecule has 1 aromatic heterocycles. The summed E-state index contributed by atoms with van der Waals surface area (Å²) in [6.45, 7) is 4.62. The maximum atomic E-state index is 11.8. The quantitative estimate of drug-likeness (QED) is 0.787. The molecule has 1 fully saturated rings. The maximum absolute atomic E-state index is 11.8. The third-order valence-electron chi connectivity index (χ3n) is 3.55. The summed E-state index contributed by atoms with van der Waals surface area (Å²) in [7, 11) is 0. The Kier molecular flexibility index (Phi) is 4.47. The third kappa shape index (κ3) is 3.50. The minimum Gasteiger partial charge on any atom is -0.393 e. The molecule has 0 saturated heterocycles. The first-order valence-electron chi connectivity index (χ1n) is 6.78. The monoisotopic (exact) mass is 267 g/mol. The Morgan fingerprint density at radius 3 is 2.95 bits per heavy atom. The van der Waals surface area contributed by atoms with E-state index in [9.17, 15) is 9.90 Å². The molecule has 1 heterocycles. The van der Waals surface area contributed by atoms with Crippen LogP contribution in [0, 0.1) is 5.92 Å². The van der Waals surface area contributed by atoms with Crippen molar-refractivity contribution in [3.8, 4) is 0 Å². The van der Waals surface area contributed by atoms with E-state index in [0.717, 1.165) is 19.3 Å². The van der Waals surface area contributed by atoms with Crippen molar-refractivity contribution in [2.45, 2.75) is 51.7 Å². The van der Waals surface area contributed by atoms with E-state index >= 15 is 0 Å². The summed E-state index contributed by atoms with van der Waals surface area (Å²) in [5.74, 6) is 0.950. The fourth-order valence-corrected chi connectivity index (χ4v) is 2.43. The maximum Gasteiger partial charge on any atom is 0.241 e. The van der Waals surface area contributed by atoms with Crippen molar-refractivity contribution in [1.82, 2.24) is 25.5 Å². The molecule has 2 rings (SSSR count). The number of tetrazole rings is 1. The number of aromatic nitrogens is 4. The summed E-state index contributed by atoms with van der Waals surface area (Å²) < 4.78 is 1.52. The zero-order chi connectivity index (χ0) is 13.8. The van der Waals surface area contributed by atoms with E-state index in [0.29, 0.717) is 12.4 Å². The molecule has 1 aliphatic carbocycles. The fourth-order valence-electron chi connectivity index (χ4n) is 2.43. The van der Waals surface area contributed by atoms with Gasteiger partial charge in [0.05, 0.1) is 6.10 Å². The summed E-state index contributed by atoms with van der Waals surface area (Å²) in [5.41, 5.74) is 0. The Morgan fingerprint density at radius 1 is 1.53 bits per heavy atom. The zero-order valence-electron chi connectivity index (χ0n) is 11.4. The Hall–Kier alpha value is -1.50. The van der Waals surface area contributed by atoms with Gasteiger partial charge in [-0.2, -0.15) is 0 Å². The van der Waals surface area contributed by atoms with Gasteiger partial charge >= 0.3 is 0 Å². The molecule has 7 heteroatoms. The smallest absolute Gasteiger partial charge is 0.241 e. The molecule has 0 radical (unpaired) electrons. The lowest BCUT2D eigenvalue weighted by Crippen LogP contribution is -2.35. The van der Waals surface area contributed by atoms with Gasteiger partial charge in [0.1, 0.15) is 6.54 Å². The van der Waals surface area contributed by atoms with E-state index in [-0.39, 0.29) is 30.4 Å². The predicted octanol–water partition coefficient (Wildman–Crippen LogP) is 0.0737. The Bertz CT molecular complexity index is 432. The lowest BCUT2D eigenvalue weighted by Gasteiger charge is -2.15. The van der Waals surface area contributed by atoms with Gasteiger partial charge in [0.15, 0.2) is 5.82 Å². The standard InChI is InChI=1S/C12H21N5O2/c1-8(2)12-14-15-16-17(12)7-11(19)13-6-9-4-3-5-10(9)18/h8-10,18H,3-7H2,1-2H3,(H,13,19). The molecule has 106 valence electrons. The molecule has 2 N–H and O–H groups in total. The zero-order valence-corrected chi connectivity index (χ0v) is 11.4. The predicted molar refractivity (Wildman–Crippen MR) is 68.3 cm³/mol. The molecule has 19 heavy (non-hydrogen) atoms. The van der Waals surface area contributed by atoms with Crippen molar-refractivity contribution in [3.63, 3.8) is 0 Å². The number of rotatable bonds is 5. The van der Waals surface area contributed by atoms with Crippen LogP contribution < -0.4 is 5.32 Å². The van der Waals surface area contributed by atoms with Gasteiger partial charge in [-0.25, -0.2) is 4.68 Å². The number of nitrogens with zero attached hydrogens (tertiary/aromatic N) is 4. The van der Waals surface area contributed by atoms with Crippen molar-refractivity contribution in [3.05, 3.63) is 5.82 Å². The van der Waals surface area contributed by atoms with Crippen LogP contribution in [-0.2, 0) is 11.3 Å². The van der Waals surface area contributed by atoms with Crippen LogP contribution >= 0.6 is 0 Å². The summed E-state index contributed by atoms with van der Waals surface area (Å²) >= 11 is 0. The van der Waals surface area contributed by atoms with Gasteiger partial charge in [0.2, 0.25) is 5.91 Å². The number of aliphatic hydroxyl groups excluding tert-OH is 1. The van der Waals surface area contributed by atoms with Crippen LogP contribution in [0.4, 0.5) is 0 Å². The third-order valence-corrected chi connectivity index (χ3v) is 3.55. The molecule has 2 unspecified atom stereocenters. The van der Waals surface area contributed by atoms with E-state index in [2.05, 4.69) is 20.8 Å². The van der Waals surface area contributed by atoms with Crippen molar-refractivity contribution >= 4 is 5.91 Å².